The molecule has 1 aliphatic rings. The van der Waals surface area contributed by atoms with Gasteiger partial charge >= 0.3 is 0 Å². The second-order valence-corrected chi connectivity index (χ2v) is 7.17. The first-order valence-electron chi connectivity index (χ1n) is 9.99. The van der Waals surface area contributed by atoms with E-state index in [4.69, 9.17) is 0 Å². The zero-order valence-electron chi connectivity index (χ0n) is 16.7. The van der Waals surface area contributed by atoms with Crippen LogP contribution in [0.3, 0.4) is 0 Å². The third kappa shape index (κ3) is 7.70. The molecule has 0 radical (unpaired) electrons. The highest BCUT2D eigenvalue weighted by molar-refractivity contribution is 5.79. The van der Waals surface area contributed by atoms with Gasteiger partial charge in [0, 0.05) is 52.0 Å². The van der Waals surface area contributed by atoms with E-state index in [1.54, 1.807) is 0 Å². The number of aromatic nitrogens is 1. The molecule has 1 aromatic rings. The smallest absolute Gasteiger partial charge is 0.191 e. The molecule has 1 aliphatic heterocycles. The molecule has 26 heavy (non-hydrogen) atoms. The molecule has 2 heterocycles. The number of likely N-dealkylation sites (N-methyl/N-ethyl adjacent to an activating group) is 1. The number of rotatable bonds is 9. The molecule has 0 aromatic carbocycles. The first-order valence-corrected chi connectivity index (χ1v) is 9.99. The molecular weight excluding hydrogens is 324 g/mol. The quantitative estimate of drug-likeness (QED) is 0.521. The molecule has 1 saturated heterocycles. The highest BCUT2D eigenvalue weighted by atomic mass is 15.2. The summed E-state index contributed by atoms with van der Waals surface area (Å²) in [6.07, 6.45) is 6.67. The van der Waals surface area contributed by atoms with Crippen LogP contribution in [0.15, 0.2) is 29.4 Å². The summed E-state index contributed by atoms with van der Waals surface area (Å²) in [4.78, 5) is 13.7. The van der Waals surface area contributed by atoms with Crippen LogP contribution in [0, 0.1) is 0 Å². The van der Waals surface area contributed by atoms with Gasteiger partial charge in [0.2, 0.25) is 0 Å². The molecule has 6 nitrogen and oxygen atoms in total. The Bertz CT molecular complexity index is 510. The van der Waals surface area contributed by atoms with Crippen molar-refractivity contribution in [2.45, 2.75) is 45.2 Å². The highest BCUT2D eigenvalue weighted by Crippen LogP contribution is 2.12. The zero-order chi connectivity index (χ0) is 18.6. The van der Waals surface area contributed by atoms with Gasteiger partial charge in [-0.05, 0) is 45.0 Å². The number of pyridine rings is 1. The molecule has 0 amide bonds. The van der Waals surface area contributed by atoms with Gasteiger partial charge in [0.05, 0.1) is 5.69 Å². The standard InChI is InChI=1S/C20H36N6/c1-4-5-13-25(3)16-12-23-20(21-2)24-18-9-14-26(15-10-18)17-19-8-6-7-11-22-19/h6-8,11,18H,4-5,9-10,12-17H2,1-3H3,(H2,21,23,24). The molecule has 0 saturated carbocycles. The van der Waals surface area contributed by atoms with Gasteiger partial charge in [-0.25, -0.2) is 0 Å². The third-order valence-corrected chi connectivity index (χ3v) is 4.94. The summed E-state index contributed by atoms with van der Waals surface area (Å²) < 4.78 is 0. The topological polar surface area (TPSA) is 55.8 Å². The van der Waals surface area contributed by atoms with Crippen LogP contribution in [0.1, 0.15) is 38.3 Å². The minimum Gasteiger partial charge on any atom is -0.355 e. The number of aliphatic imine (C=N–C) groups is 1. The van der Waals surface area contributed by atoms with Gasteiger partial charge in [-0.15, -0.1) is 0 Å². The summed E-state index contributed by atoms with van der Waals surface area (Å²) in [6.45, 7) is 8.53. The van der Waals surface area contributed by atoms with Crippen molar-refractivity contribution < 1.29 is 0 Å². The second-order valence-electron chi connectivity index (χ2n) is 7.17. The Hall–Kier alpha value is -1.66. The Morgan fingerprint density at radius 3 is 2.77 bits per heavy atom. The zero-order valence-corrected chi connectivity index (χ0v) is 16.7. The summed E-state index contributed by atoms with van der Waals surface area (Å²) >= 11 is 0. The largest absolute Gasteiger partial charge is 0.355 e. The van der Waals surface area contributed by atoms with Gasteiger partial charge < -0.3 is 15.5 Å². The summed E-state index contributed by atoms with van der Waals surface area (Å²) in [5.74, 6) is 0.928. The van der Waals surface area contributed by atoms with Crippen LogP contribution >= 0.6 is 0 Å². The van der Waals surface area contributed by atoms with Gasteiger partial charge in [0.15, 0.2) is 5.96 Å². The predicted octanol–water partition coefficient (Wildman–Crippen LogP) is 1.94. The van der Waals surface area contributed by atoms with Crippen molar-refractivity contribution in [2.75, 3.05) is 46.8 Å². The molecule has 2 rings (SSSR count). The lowest BCUT2D eigenvalue weighted by Crippen LogP contribution is -2.49. The maximum atomic E-state index is 4.43. The lowest BCUT2D eigenvalue weighted by molar-refractivity contribution is 0.196. The Labute approximate surface area is 159 Å². The SMILES string of the molecule is CCCCN(C)CCNC(=NC)NC1CCN(Cc2ccccn2)CC1. The highest BCUT2D eigenvalue weighted by Gasteiger charge is 2.20. The van der Waals surface area contributed by atoms with Crippen molar-refractivity contribution in [1.29, 1.82) is 0 Å². The summed E-state index contributed by atoms with van der Waals surface area (Å²) in [5.41, 5.74) is 1.16. The van der Waals surface area contributed by atoms with Gasteiger partial charge in [-0.3, -0.25) is 14.9 Å². The second kappa shape index (κ2) is 11.9. The van der Waals surface area contributed by atoms with E-state index < -0.39 is 0 Å². The molecule has 0 aliphatic carbocycles. The van der Waals surface area contributed by atoms with Crippen molar-refractivity contribution in [3.63, 3.8) is 0 Å². The van der Waals surface area contributed by atoms with Gasteiger partial charge in [0.1, 0.15) is 0 Å². The van der Waals surface area contributed by atoms with Crippen LogP contribution in [0.5, 0.6) is 0 Å². The van der Waals surface area contributed by atoms with Crippen molar-refractivity contribution in [2.24, 2.45) is 4.99 Å². The maximum Gasteiger partial charge on any atom is 0.191 e. The number of hydrogen-bond acceptors (Lipinski definition) is 4. The van der Waals surface area contributed by atoms with Crippen LogP contribution in [0.2, 0.25) is 0 Å². The Morgan fingerprint density at radius 1 is 1.31 bits per heavy atom. The van der Waals surface area contributed by atoms with Crippen molar-refractivity contribution in [1.82, 2.24) is 25.4 Å². The fourth-order valence-corrected chi connectivity index (χ4v) is 3.25. The Morgan fingerprint density at radius 2 is 2.12 bits per heavy atom. The summed E-state index contributed by atoms with van der Waals surface area (Å²) in [7, 11) is 4.04. The molecule has 0 unspecified atom stereocenters. The van der Waals surface area contributed by atoms with E-state index in [2.05, 4.69) is 56.5 Å². The molecule has 6 heteroatoms. The van der Waals surface area contributed by atoms with Crippen LogP contribution in [0.25, 0.3) is 0 Å². The van der Waals surface area contributed by atoms with E-state index in [1.807, 2.05) is 19.3 Å². The molecule has 1 aromatic heterocycles. The minimum atomic E-state index is 0.499. The van der Waals surface area contributed by atoms with Gasteiger partial charge in [-0.2, -0.15) is 0 Å². The monoisotopic (exact) mass is 360 g/mol. The normalized spacial score (nSPS) is 16.8. The number of hydrogen-bond donors (Lipinski definition) is 2. The van der Waals surface area contributed by atoms with E-state index in [1.165, 1.54) is 19.4 Å². The first kappa shape index (κ1) is 20.6. The Balaban J connectivity index is 1.63. The summed E-state index contributed by atoms with van der Waals surface area (Å²) in [6, 6.07) is 6.64. The van der Waals surface area contributed by atoms with E-state index in [9.17, 15) is 0 Å². The van der Waals surface area contributed by atoms with Gasteiger partial charge in [0.25, 0.3) is 0 Å². The molecule has 0 spiro atoms. The van der Waals surface area contributed by atoms with Crippen molar-refractivity contribution in [3.05, 3.63) is 30.1 Å². The minimum absolute atomic E-state index is 0.499. The number of nitrogens with zero attached hydrogens (tertiary/aromatic N) is 4. The number of unbranched alkanes of at least 4 members (excludes halogenated alkanes) is 1. The predicted molar refractivity (Wildman–Crippen MR) is 109 cm³/mol. The van der Waals surface area contributed by atoms with Crippen molar-refractivity contribution >= 4 is 5.96 Å². The maximum absolute atomic E-state index is 4.43. The summed E-state index contributed by atoms with van der Waals surface area (Å²) in [5, 5.41) is 7.03. The number of piperidine rings is 1. The van der Waals surface area contributed by atoms with E-state index in [-0.39, 0.29) is 0 Å². The van der Waals surface area contributed by atoms with Crippen LogP contribution < -0.4 is 10.6 Å². The lowest BCUT2D eigenvalue weighted by atomic mass is 10.0. The van der Waals surface area contributed by atoms with Crippen LogP contribution in [-0.4, -0.2) is 73.6 Å². The van der Waals surface area contributed by atoms with Crippen LogP contribution in [-0.2, 0) is 6.54 Å². The average Bonchev–Trinajstić information content (AvgIpc) is 2.67. The number of likely N-dealkylation sites (tertiary alicyclic amines) is 1. The van der Waals surface area contributed by atoms with E-state index in [0.29, 0.717) is 6.04 Å². The third-order valence-electron chi connectivity index (χ3n) is 4.94. The molecule has 2 N–H and O–H groups in total. The Kier molecular flexibility index (Phi) is 9.42. The fraction of sp³-hybridized carbons (Fsp3) is 0.700. The average molecular weight is 361 g/mol. The van der Waals surface area contributed by atoms with E-state index >= 15 is 0 Å². The fourth-order valence-electron chi connectivity index (χ4n) is 3.25. The van der Waals surface area contributed by atoms with E-state index in [0.717, 1.165) is 57.2 Å². The van der Waals surface area contributed by atoms with Crippen LogP contribution in [0.4, 0.5) is 0 Å². The number of guanidine groups is 1. The number of nitrogens with one attached hydrogen (secondary N) is 2. The molecule has 146 valence electrons. The molecule has 1 fully saturated rings. The van der Waals surface area contributed by atoms with Crippen molar-refractivity contribution in [3.8, 4) is 0 Å². The molecule has 0 atom stereocenters. The molecular formula is C20H36N6. The molecule has 0 bridgehead atoms. The lowest BCUT2D eigenvalue weighted by Gasteiger charge is -2.33. The first-order chi connectivity index (χ1) is 12.7. The van der Waals surface area contributed by atoms with Gasteiger partial charge in [-0.1, -0.05) is 19.4 Å².